The molecule has 10 heteroatoms. The van der Waals surface area contributed by atoms with E-state index in [4.69, 9.17) is 4.74 Å². The summed E-state index contributed by atoms with van der Waals surface area (Å²) in [6.45, 7) is 2.15. The van der Waals surface area contributed by atoms with Gasteiger partial charge < -0.3 is 14.6 Å². The van der Waals surface area contributed by atoms with Crippen molar-refractivity contribution >= 4 is 35.1 Å². The zero-order valence-corrected chi connectivity index (χ0v) is 17.7. The lowest BCUT2D eigenvalue weighted by atomic mass is 10.1. The number of rotatable bonds is 8. The van der Waals surface area contributed by atoms with Crippen LogP contribution in [0.2, 0.25) is 0 Å². The van der Waals surface area contributed by atoms with Gasteiger partial charge in [0.05, 0.1) is 18.1 Å². The van der Waals surface area contributed by atoms with Gasteiger partial charge in [0.25, 0.3) is 11.6 Å². The predicted molar refractivity (Wildman–Crippen MR) is 117 cm³/mol. The van der Waals surface area contributed by atoms with Gasteiger partial charge >= 0.3 is 5.97 Å². The minimum absolute atomic E-state index is 0.0121. The molecule has 160 valence electrons. The summed E-state index contributed by atoms with van der Waals surface area (Å²) in [5, 5.41) is 14.3. The van der Waals surface area contributed by atoms with Crippen LogP contribution in [0, 0.1) is 10.1 Å². The number of nitro groups is 1. The monoisotopic (exact) mass is 440 g/mol. The highest BCUT2D eigenvalue weighted by Gasteiger charge is 2.27. The van der Waals surface area contributed by atoms with E-state index in [2.05, 4.69) is 10.3 Å². The van der Waals surface area contributed by atoms with Gasteiger partial charge in [0.1, 0.15) is 5.56 Å². The minimum Gasteiger partial charge on any atom is -0.461 e. The number of anilines is 1. The van der Waals surface area contributed by atoms with Gasteiger partial charge in [-0.3, -0.25) is 14.9 Å². The highest BCUT2D eigenvalue weighted by atomic mass is 32.2. The third-order valence-corrected chi connectivity index (χ3v) is 5.02. The number of ether oxygens (including phenoxy) is 1. The third kappa shape index (κ3) is 4.92. The number of imidazole rings is 1. The number of aromatic nitrogens is 2. The first kappa shape index (κ1) is 22.0. The number of carbonyl (C=O) groups excluding carboxylic acids is 2. The van der Waals surface area contributed by atoms with Gasteiger partial charge in [-0.2, -0.15) is 0 Å². The van der Waals surface area contributed by atoms with Gasteiger partial charge in [0.15, 0.2) is 16.7 Å². The van der Waals surface area contributed by atoms with Crippen LogP contribution in [-0.4, -0.2) is 39.2 Å². The van der Waals surface area contributed by atoms with Crippen LogP contribution < -0.4 is 5.32 Å². The Kier molecular flexibility index (Phi) is 7.03. The molecule has 0 aliphatic carbocycles. The Labute approximate surface area is 182 Å². The van der Waals surface area contributed by atoms with Gasteiger partial charge in [-0.05, 0) is 24.8 Å². The topological polar surface area (TPSA) is 116 Å². The van der Waals surface area contributed by atoms with Crippen LogP contribution in [0.5, 0.6) is 0 Å². The summed E-state index contributed by atoms with van der Waals surface area (Å²) >= 11 is 1.30. The third-order valence-electron chi connectivity index (χ3n) is 4.34. The number of nitro benzene ring substituents is 1. The number of para-hydroxylation sites is 1. The van der Waals surface area contributed by atoms with Crippen molar-refractivity contribution in [3.8, 4) is 0 Å². The molecule has 0 bridgehead atoms. The van der Waals surface area contributed by atoms with Crippen LogP contribution in [0.4, 0.5) is 11.5 Å². The van der Waals surface area contributed by atoms with E-state index in [1.807, 2.05) is 30.3 Å². The summed E-state index contributed by atoms with van der Waals surface area (Å²) < 4.78 is 6.85. The number of nitrogens with zero attached hydrogens (tertiary/aromatic N) is 3. The number of thioether (sulfide) groups is 1. The molecule has 1 heterocycles. The van der Waals surface area contributed by atoms with Gasteiger partial charge in [0.2, 0.25) is 0 Å². The van der Waals surface area contributed by atoms with Gasteiger partial charge in [-0.15, -0.1) is 0 Å². The van der Waals surface area contributed by atoms with Crippen molar-refractivity contribution in [2.75, 3.05) is 18.2 Å². The molecule has 3 aromatic rings. The number of amides is 1. The summed E-state index contributed by atoms with van der Waals surface area (Å²) in [5.41, 5.74) is 0.524. The van der Waals surface area contributed by atoms with Crippen LogP contribution in [0.15, 0.2) is 59.8 Å². The Morgan fingerprint density at radius 3 is 2.48 bits per heavy atom. The lowest BCUT2D eigenvalue weighted by molar-refractivity contribution is -0.385. The van der Waals surface area contributed by atoms with Crippen LogP contribution in [0.1, 0.15) is 33.3 Å². The summed E-state index contributed by atoms with van der Waals surface area (Å²) in [6.07, 6.45) is 1.80. The second-order valence-electron chi connectivity index (χ2n) is 6.32. The van der Waals surface area contributed by atoms with E-state index < -0.39 is 16.8 Å². The molecular formula is C21H20N4O5S. The van der Waals surface area contributed by atoms with E-state index in [0.717, 1.165) is 5.56 Å². The molecule has 2 aromatic carbocycles. The van der Waals surface area contributed by atoms with E-state index in [-0.39, 0.29) is 29.4 Å². The van der Waals surface area contributed by atoms with Crippen molar-refractivity contribution in [2.45, 2.75) is 18.6 Å². The normalized spacial score (nSPS) is 10.5. The Hall–Kier alpha value is -3.66. The zero-order chi connectivity index (χ0) is 22.4. The van der Waals surface area contributed by atoms with Crippen molar-refractivity contribution in [3.05, 3.63) is 81.5 Å². The summed E-state index contributed by atoms with van der Waals surface area (Å²) in [5.74, 6) is -1.40. The summed E-state index contributed by atoms with van der Waals surface area (Å²) in [7, 11) is 0. The van der Waals surface area contributed by atoms with Crippen molar-refractivity contribution < 1.29 is 19.2 Å². The Balaban J connectivity index is 2.04. The maximum atomic E-state index is 12.8. The van der Waals surface area contributed by atoms with Crippen LogP contribution in [0.25, 0.3) is 0 Å². The number of nitrogens with one attached hydrogen (secondary N) is 1. The molecule has 1 N–H and O–H groups in total. The highest BCUT2D eigenvalue weighted by Crippen LogP contribution is 2.27. The van der Waals surface area contributed by atoms with E-state index in [1.165, 1.54) is 36.0 Å². The first-order chi connectivity index (χ1) is 15.0. The molecule has 0 atom stereocenters. The van der Waals surface area contributed by atoms with E-state index in [0.29, 0.717) is 11.7 Å². The molecule has 1 amide bonds. The zero-order valence-electron chi connectivity index (χ0n) is 16.9. The fraction of sp³-hybridized carbons (Fsp3) is 0.190. The predicted octanol–water partition coefficient (Wildman–Crippen LogP) is 3.99. The molecule has 0 saturated carbocycles. The molecule has 0 aliphatic heterocycles. The standard InChI is InChI=1S/C21H20N4O5S/c1-3-30-20(27)17-18(22-19(26)15-11-7-8-12-16(15)25(28)29)23-21(31-2)24(17)13-14-9-5-4-6-10-14/h4-12H,3,13H2,1-2H3,(H,22,26). The Morgan fingerprint density at radius 2 is 1.84 bits per heavy atom. The number of hydrogen-bond donors (Lipinski definition) is 1. The second kappa shape index (κ2) is 9.90. The molecule has 0 aliphatic rings. The second-order valence-corrected chi connectivity index (χ2v) is 7.09. The number of hydrogen-bond acceptors (Lipinski definition) is 7. The molecular weight excluding hydrogens is 420 g/mol. The maximum Gasteiger partial charge on any atom is 0.358 e. The molecule has 0 radical (unpaired) electrons. The van der Waals surface area contributed by atoms with Gasteiger partial charge in [0, 0.05) is 6.07 Å². The number of carbonyl (C=O) groups is 2. The molecule has 0 fully saturated rings. The van der Waals surface area contributed by atoms with E-state index >= 15 is 0 Å². The molecule has 0 unspecified atom stereocenters. The summed E-state index contributed by atoms with van der Waals surface area (Å²) in [4.78, 5) is 40.6. The minimum atomic E-state index is -0.741. The van der Waals surface area contributed by atoms with Crippen molar-refractivity contribution in [2.24, 2.45) is 0 Å². The number of esters is 1. The SMILES string of the molecule is CCOC(=O)c1c(NC(=O)c2ccccc2[N+](=O)[O-])nc(SC)n1Cc1ccccc1. The first-order valence-corrected chi connectivity index (χ1v) is 10.6. The van der Waals surface area contributed by atoms with E-state index in [1.54, 1.807) is 17.7 Å². The average molecular weight is 440 g/mol. The van der Waals surface area contributed by atoms with Crippen LogP contribution in [-0.2, 0) is 11.3 Å². The fourth-order valence-electron chi connectivity index (χ4n) is 2.99. The Morgan fingerprint density at radius 1 is 1.16 bits per heavy atom. The van der Waals surface area contributed by atoms with Crippen LogP contribution in [0.3, 0.4) is 0 Å². The highest BCUT2D eigenvalue weighted by molar-refractivity contribution is 7.98. The number of benzene rings is 2. The molecule has 3 rings (SSSR count). The quantitative estimate of drug-likeness (QED) is 0.244. The van der Waals surface area contributed by atoms with Crippen molar-refractivity contribution in [1.82, 2.24) is 9.55 Å². The van der Waals surface area contributed by atoms with Crippen molar-refractivity contribution in [1.29, 1.82) is 0 Å². The molecule has 0 saturated heterocycles. The fourth-order valence-corrected chi connectivity index (χ4v) is 3.55. The van der Waals surface area contributed by atoms with Crippen molar-refractivity contribution in [3.63, 3.8) is 0 Å². The average Bonchev–Trinajstić information content (AvgIpc) is 3.11. The molecule has 9 nitrogen and oxygen atoms in total. The lowest BCUT2D eigenvalue weighted by Crippen LogP contribution is -2.19. The van der Waals surface area contributed by atoms with Gasteiger partial charge in [-0.25, -0.2) is 9.78 Å². The van der Waals surface area contributed by atoms with Gasteiger partial charge in [-0.1, -0.05) is 54.2 Å². The Bertz CT molecular complexity index is 1110. The molecule has 0 spiro atoms. The lowest BCUT2D eigenvalue weighted by Gasteiger charge is -2.11. The molecule has 31 heavy (non-hydrogen) atoms. The maximum absolute atomic E-state index is 12.8. The smallest absolute Gasteiger partial charge is 0.358 e. The largest absolute Gasteiger partial charge is 0.461 e. The van der Waals surface area contributed by atoms with Crippen LogP contribution >= 0.6 is 11.8 Å². The first-order valence-electron chi connectivity index (χ1n) is 9.36. The van der Waals surface area contributed by atoms with E-state index in [9.17, 15) is 19.7 Å². The summed E-state index contributed by atoms with van der Waals surface area (Å²) in [6, 6.07) is 15.0. The molecule has 1 aromatic heterocycles.